The Kier molecular flexibility index (Phi) is 7.69. The van der Waals surface area contributed by atoms with Gasteiger partial charge in [0.15, 0.2) is 5.96 Å². The molecule has 2 aromatic rings. The van der Waals surface area contributed by atoms with E-state index in [1.807, 2.05) is 14.0 Å². The van der Waals surface area contributed by atoms with Crippen LogP contribution in [0.2, 0.25) is 0 Å². The second-order valence-electron chi connectivity index (χ2n) is 6.21. The molecule has 2 heterocycles. The molecule has 27 heavy (non-hydrogen) atoms. The Bertz CT molecular complexity index is 792. The molecule has 1 atom stereocenters. The van der Waals surface area contributed by atoms with E-state index in [1.165, 1.54) is 11.9 Å². The van der Waals surface area contributed by atoms with Crippen LogP contribution in [-0.2, 0) is 26.6 Å². The third-order valence-electron chi connectivity index (χ3n) is 4.27. The van der Waals surface area contributed by atoms with Crippen molar-refractivity contribution in [2.45, 2.75) is 39.5 Å². The van der Waals surface area contributed by atoms with Crippen LogP contribution in [0.25, 0.3) is 0 Å². The van der Waals surface area contributed by atoms with Crippen molar-refractivity contribution in [2.24, 2.45) is 12.0 Å². The van der Waals surface area contributed by atoms with Gasteiger partial charge in [-0.15, -0.1) is 24.0 Å². The zero-order valence-electron chi connectivity index (χ0n) is 16.2. The monoisotopic (exact) mass is 486 g/mol. The molecule has 0 saturated carbocycles. The number of guanidine groups is 1. The smallest absolute Gasteiger partial charge is 0.191 e. The van der Waals surface area contributed by atoms with Gasteiger partial charge in [0.25, 0.3) is 0 Å². The number of rotatable bonds is 6. The van der Waals surface area contributed by atoms with Crippen molar-refractivity contribution >= 4 is 29.9 Å². The fourth-order valence-corrected chi connectivity index (χ4v) is 2.95. The number of aromatic nitrogens is 3. The Balaban J connectivity index is 0.00000261. The predicted octanol–water partition coefficient (Wildman–Crippen LogP) is 2.02. The topological polar surface area (TPSA) is 85.6 Å². The molecule has 2 N–H and O–H groups in total. The van der Waals surface area contributed by atoms with Crippen LogP contribution in [0.5, 0.6) is 11.5 Å². The lowest BCUT2D eigenvalue weighted by atomic mass is 10.1. The van der Waals surface area contributed by atoms with Crippen molar-refractivity contribution in [2.75, 3.05) is 13.7 Å². The summed E-state index contributed by atoms with van der Waals surface area (Å²) in [4.78, 5) is 8.45. The highest BCUT2D eigenvalue weighted by Crippen LogP contribution is 2.35. The lowest BCUT2D eigenvalue weighted by molar-refractivity contribution is 0.254. The number of ether oxygens (including phenoxy) is 2. The van der Waals surface area contributed by atoms with Crippen molar-refractivity contribution in [3.05, 3.63) is 35.4 Å². The number of hydrogen-bond acceptors (Lipinski definition) is 5. The molecule has 1 aromatic heterocycles. The van der Waals surface area contributed by atoms with E-state index >= 15 is 0 Å². The van der Waals surface area contributed by atoms with Crippen LogP contribution in [0.15, 0.2) is 23.5 Å². The fourth-order valence-electron chi connectivity index (χ4n) is 2.95. The number of hydrogen-bond donors (Lipinski definition) is 2. The van der Waals surface area contributed by atoms with Crippen molar-refractivity contribution in [3.63, 3.8) is 0 Å². The second kappa shape index (κ2) is 9.77. The first-order valence-corrected chi connectivity index (χ1v) is 8.83. The molecule has 1 aromatic carbocycles. The first kappa shape index (κ1) is 21.3. The Morgan fingerprint density at radius 3 is 2.81 bits per heavy atom. The largest absolute Gasteiger partial charge is 0.494 e. The van der Waals surface area contributed by atoms with E-state index < -0.39 is 0 Å². The van der Waals surface area contributed by atoms with Gasteiger partial charge in [-0.1, -0.05) is 0 Å². The maximum atomic E-state index is 5.88. The van der Waals surface area contributed by atoms with Crippen LogP contribution in [0.1, 0.15) is 30.8 Å². The summed E-state index contributed by atoms with van der Waals surface area (Å²) in [6.45, 7) is 5.82. The van der Waals surface area contributed by atoms with E-state index in [0.717, 1.165) is 29.3 Å². The van der Waals surface area contributed by atoms with Crippen molar-refractivity contribution < 1.29 is 9.47 Å². The molecule has 0 aliphatic carbocycles. The number of aryl methyl sites for hydroxylation is 1. The highest BCUT2D eigenvalue weighted by atomic mass is 127. The van der Waals surface area contributed by atoms with E-state index in [2.05, 4.69) is 44.8 Å². The summed E-state index contributed by atoms with van der Waals surface area (Å²) in [5, 5.41) is 10.6. The van der Waals surface area contributed by atoms with Crippen LogP contribution in [0.3, 0.4) is 0 Å². The van der Waals surface area contributed by atoms with Crippen molar-refractivity contribution in [3.8, 4) is 11.5 Å². The van der Waals surface area contributed by atoms with Gasteiger partial charge in [0.1, 0.15) is 29.8 Å². The Morgan fingerprint density at radius 2 is 2.15 bits per heavy atom. The Labute approximate surface area is 176 Å². The first-order valence-electron chi connectivity index (χ1n) is 8.83. The predicted molar refractivity (Wildman–Crippen MR) is 115 cm³/mol. The molecule has 1 unspecified atom stereocenters. The zero-order chi connectivity index (χ0) is 18.5. The van der Waals surface area contributed by atoms with Gasteiger partial charge in [-0.25, -0.2) is 4.98 Å². The summed E-state index contributed by atoms with van der Waals surface area (Å²) in [7, 11) is 3.60. The summed E-state index contributed by atoms with van der Waals surface area (Å²) >= 11 is 0. The van der Waals surface area contributed by atoms with Crippen LogP contribution in [0.4, 0.5) is 0 Å². The molecule has 1 aliphatic heterocycles. The van der Waals surface area contributed by atoms with Crippen LogP contribution in [0, 0.1) is 0 Å². The third-order valence-corrected chi connectivity index (χ3v) is 4.27. The van der Waals surface area contributed by atoms with E-state index in [9.17, 15) is 0 Å². The minimum absolute atomic E-state index is 0. The average Bonchev–Trinajstić information content (AvgIpc) is 3.19. The molecule has 0 amide bonds. The van der Waals surface area contributed by atoms with Crippen molar-refractivity contribution in [1.82, 2.24) is 25.4 Å². The zero-order valence-corrected chi connectivity index (χ0v) is 18.5. The van der Waals surface area contributed by atoms with E-state index in [1.54, 1.807) is 11.7 Å². The first-order chi connectivity index (χ1) is 12.6. The molecule has 3 rings (SSSR count). The maximum absolute atomic E-state index is 5.88. The van der Waals surface area contributed by atoms with E-state index in [0.29, 0.717) is 25.7 Å². The van der Waals surface area contributed by atoms with Gasteiger partial charge in [-0.2, -0.15) is 5.10 Å². The summed E-state index contributed by atoms with van der Waals surface area (Å²) in [6, 6.07) is 4.15. The van der Waals surface area contributed by atoms with E-state index in [4.69, 9.17) is 9.47 Å². The quantitative estimate of drug-likeness (QED) is 0.369. The fraction of sp³-hybridized carbons (Fsp3) is 0.500. The van der Waals surface area contributed by atoms with Crippen LogP contribution in [-0.4, -0.2) is 40.5 Å². The molecule has 9 heteroatoms. The lowest BCUT2D eigenvalue weighted by Gasteiger charge is -2.15. The Hall–Kier alpha value is -2.04. The average molecular weight is 486 g/mol. The standard InChI is InChI=1S/C18H26N6O2.HI/c1-5-25-15-7-13-6-12(2)26-16(13)8-14(15)9-20-18(19-3)21-10-17-22-11-23-24(17)4;/h7-8,11-12H,5-6,9-10H2,1-4H3,(H2,19,20,21);1H. The van der Waals surface area contributed by atoms with Gasteiger partial charge < -0.3 is 20.1 Å². The van der Waals surface area contributed by atoms with Gasteiger partial charge in [0, 0.05) is 38.2 Å². The minimum Gasteiger partial charge on any atom is -0.494 e. The highest BCUT2D eigenvalue weighted by molar-refractivity contribution is 14.0. The van der Waals surface area contributed by atoms with E-state index in [-0.39, 0.29) is 30.1 Å². The molecule has 8 nitrogen and oxygen atoms in total. The Morgan fingerprint density at radius 1 is 1.37 bits per heavy atom. The molecule has 0 radical (unpaired) electrons. The number of fused-ring (bicyclic) bond motifs is 1. The number of aliphatic imine (C=N–C) groups is 1. The van der Waals surface area contributed by atoms with Crippen LogP contribution >= 0.6 is 24.0 Å². The molecule has 0 fully saturated rings. The van der Waals surface area contributed by atoms with Gasteiger partial charge in [-0.3, -0.25) is 9.67 Å². The minimum atomic E-state index is 0. The second-order valence-corrected chi connectivity index (χ2v) is 6.21. The molecule has 0 saturated heterocycles. The van der Waals surface area contributed by atoms with Gasteiger partial charge in [-0.05, 0) is 26.0 Å². The maximum Gasteiger partial charge on any atom is 0.191 e. The SMILES string of the molecule is CCOc1cc2c(cc1CNC(=NC)NCc1ncnn1C)OC(C)C2.I. The number of nitrogens with one attached hydrogen (secondary N) is 2. The normalized spacial score (nSPS) is 15.6. The lowest BCUT2D eigenvalue weighted by Crippen LogP contribution is -2.37. The molecular formula is C18H27IN6O2. The van der Waals surface area contributed by atoms with Gasteiger partial charge in [0.2, 0.25) is 0 Å². The summed E-state index contributed by atoms with van der Waals surface area (Å²) in [5.74, 6) is 3.35. The highest BCUT2D eigenvalue weighted by Gasteiger charge is 2.21. The number of nitrogens with zero attached hydrogens (tertiary/aromatic N) is 4. The number of halogens is 1. The number of benzene rings is 1. The molecule has 148 valence electrons. The molecule has 0 bridgehead atoms. The summed E-state index contributed by atoms with van der Waals surface area (Å²) < 4.78 is 13.4. The summed E-state index contributed by atoms with van der Waals surface area (Å²) in [6.07, 6.45) is 2.67. The third kappa shape index (κ3) is 5.24. The molecular weight excluding hydrogens is 459 g/mol. The van der Waals surface area contributed by atoms with Gasteiger partial charge in [0.05, 0.1) is 13.2 Å². The molecule has 0 spiro atoms. The van der Waals surface area contributed by atoms with Crippen LogP contribution < -0.4 is 20.1 Å². The molecule has 1 aliphatic rings. The van der Waals surface area contributed by atoms with Gasteiger partial charge >= 0.3 is 0 Å². The van der Waals surface area contributed by atoms with Crippen molar-refractivity contribution in [1.29, 1.82) is 0 Å². The summed E-state index contributed by atoms with van der Waals surface area (Å²) in [5.41, 5.74) is 2.25.